The average molecular weight is 348 g/mol. The molecule has 0 radical (unpaired) electrons. The van der Waals surface area contributed by atoms with Crippen molar-refractivity contribution in [2.24, 2.45) is 0 Å². The van der Waals surface area contributed by atoms with E-state index >= 15 is 0 Å². The fraction of sp³-hybridized carbons (Fsp3) is 0.125. The highest BCUT2D eigenvalue weighted by Gasteiger charge is 2.07. The second-order valence-electron chi connectivity index (χ2n) is 4.50. The lowest BCUT2D eigenvalue weighted by molar-refractivity contribution is -0.118. The molecule has 108 valence electrons. The first kappa shape index (κ1) is 15.3. The molecule has 0 aromatic heterocycles. The molecule has 2 aromatic rings. The Morgan fingerprint density at radius 2 is 1.95 bits per heavy atom. The second kappa shape index (κ2) is 7.04. The third-order valence-corrected chi connectivity index (χ3v) is 3.29. The van der Waals surface area contributed by atoms with Crippen LogP contribution in [0.4, 0.5) is 5.69 Å². The minimum Gasteiger partial charge on any atom is -0.483 e. The molecule has 0 aliphatic heterocycles. The predicted octanol–water partition coefficient (Wildman–Crippen LogP) is 3.59. The van der Waals surface area contributed by atoms with Crippen LogP contribution in [0.5, 0.6) is 5.75 Å². The first-order valence-electron chi connectivity index (χ1n) is 6.32. The average Bonchev–Trinajstić information content (AvgIpc) is 2.48. The van der Waals surface area contributed by atoms with Gasteiger partial charge >= 0.3 is 0 Å². The van der Waals surface area contributed by atoms with Crippen LogP contribution in [0.3, 0.4) is 0 Å². The molecule has 0 saturated carbocycles. The van der Waals surface area contributed by atoms with Gasteiger partial charge in [0.2, 0.25) is 0 Å². The van der Waals surface area contributed by atoms with Gasteiger partial charge in [-0.1, -0.05) is 33.6 Å². The molecule has 0 unspecified atom stereocenters. The van der Waals surface area contributed by atoms with Crippen molar-refractivity contribution in [3.05, 3.63) is 58.1 Å². The van der Waals surface area contributed by atoms with Gasteiger partial charge in [0.15, 0.2) is 12.9 Å². The summed E-state index contributed by atoms with van der Waals surface area (Å²) >= 11 is 3.27. The normalized spacial score (nSPS) is 10.0. The summed E-state index contributed by atoms with van der Waals surface area (Å²) in [5, 5.41) is 2.73. The highest BCUT2D eigenvalue weighted by atomic mass is 79.9. The number of benzene rings is 2. The SMILES string of the molecule is Cc1ccc(NC(=O)COc2ccc(Br)cc2C=O)cc1. The van der Waals surface area contributed by atoms with E-state index in [0.717, 1.165) is 10.0 Å². The zero-order valence-electron chi connectivity index (χ0n) is 11.4. The van der Waals surface area contributed by atoms with Gasteiger partial charge in [-0.3, -0.25) is 9.59 Å². The standard InChI is InChI=1S/C16H14BrNO3/c1-11-2-5-14(6-3-11)18-16(20)10-21-15-7-4-13(17)8-12(15)9-19/h2-9H,10H2,1H3,(H,18,20). The van der Waals surface area contributed by atoms with E-state index in [0.29, 0.717) is 23.3 Å². The first-order chi connectivity index (χ1) is 10.1. The zero-order valence-corrected chi connectivity index (χ0v) is 13.0. The minimum atomic E-state index is -0.279. The number of rotatable bonds is 5. The Morgan fingerprint density at radius 1 is 1.24 bits per heavy atom. The van der Waals surface area contributed by atoms with Crippen molar-refractivity contribution in [3.8, 4) is 5.75 Å². The second-order valence-corrected chi connectivity index (χ2v) is 5.42. The molecule has 0 bridgehead atoms. The Labute approximate surface area is 131 Å². The highest BCUT2D eigenvalue weighted by Crippen LogP contribution is 2.21. The number of aryl methyl sites for hydroxylation is 1. The number of hydrogen-bond acceptors (Lipinski definition) is 3. The van der Waals surface area contributed by atoms with Gasteiger partial charge in [-0.15, -0.1) is 0 Å². The largest absolute Gasteiger partial charge is 0.483 e. The van der Waals surface area contributed by atoms with Crippen molar-refractivity contribution in [1.82, 2.24) is 0 Å². The van der Waals surface area contributed by atoms with E-state index in [1.54, 1.807) is 18.2 Å². The fourth-order valence-corrected chi connectivity index (χ4v) is 2.10. The molecule has 4 nitrogen and oxygen atoms in total. The monoisotopic (exact) mass is 347 g/mol. The van der Waals surface area contributed by atoms with E-state index in [1.165, 1.54) is 0 Å². The summed E-state index contributed by atoms with van der Waals surface area (Å²) in [5.74, 6) is 0.103. The number of carbonyl (C=O) groups is 2. The Kier molecular flexibility index (Phi) is 5.11. The molecule has 0 aliphatic rings. The highest BCUT2D eigenvalue weighted by molar-refractivity contribution is 9.10. The number of nitrogens with one attached hydrogen (secondary N) is 1. The number of carbonyl (C=O) groups excluding carboxylic acids is 2. The number of ether oxygens (including phenoxy) is 1. The van der Waals surface area contributed by atoms with Crippen molar-refractivity contribution < 1.29 is 14.3 Å². The Balaban J connectivity index is 1.95. The summed E-state index contributed by atoms with van der Waals surface area (Å²) < 4.78 is 6.16. The molecular formula is C16H14BrNO3. The fourth-order valence-electron chi connectivity index (χ4n) is 1.72. The third kappa shape index (κ3) is 4.43. The van der Waals surface area contributed by atoms with Crippen LogP contribution in [0.1, 0.15) is 15.9 Å². The predicted molar refractivity (Wildman–Crippen MR) is 84.8 cm³/mol. The first-order valence-corrected chi connectivity index (χ1v) is 7.12. The molecular weight excluding hydrogens is 334 g/mol. The van der Waals surface area contributed by atoms with Crippen LogP contribution in [-0.4, -0.2) is 18.8 Å². The van der Waals surface area contributed by atoms with Crippen LogP contribution in [0, 0.1) is 6.92 Å². The van der Waals surface area contributed by atoms with Crippen molar-refractivity contribution in [2.45, 2.75) is 6.92 Å². The molecule has 21 heavy (non-hydrogen) atoms. The van der Waals surface area contributed by atoms with Crippen LogP contribution in [0.25, 0.3) is 0 Å². The van der Waals surface area contributed by atoms with Gasteiger partial charge in [0.05, 0.1) is 5.56 Å². The lowest BCUT2D eigenvalue weighted by Crippen LogP contribution is -2.20. The van der Waals surface area contributed by atoms with Crippen LogP contribution in [0.2, 0.25) is 0 Å². The van der Waals surface area contributed by atoms with Gasteiger partial charge in [-0.2, -0.15) is 0 Å². The number of anilines is 1. The summed E-state index contributed by atoms with van der Waals surface area (Å²) in [6, 6.07) is 12.5. The van der Waals surface area contributed by atoms with Crippen molar-refractivity contribution >= 4 is 33.8 Å². The molecule has 0 fully saturated rings. The van der Waals surface area contributed by atoms with Crippen molar-refractivity contribution in [1.29, 1.82) is 0 Å². The molecule has 0 spiro atoms. The van der Waals surface area contributed by atoms with Crippen LogP contribution < -0.4 is 10.1 Å². The third-order valence-electron chi connectivity index (χ3n) is 2.79. The zero-order chi connectivity index (χ0) is 15.2. The molecule has 1 amide bonds. The van der Waals surface area contributed by atoms with Gasteiger partial charge in [-0.25, -0.2) is 0 Å². The van der Waals surface area contributed by atoms with Gasteiger partial charge in [0.1, 0.15) is 5.75 Å². The van der Waals surface area contributed by atoms with Crippen LogP contribution in [-0.2, 0) is 4.79 Å². The van der Waals surface area contributed by atoms with E-state index in [1.807, 2.05) is 31.2 Å². The topological polar surface area (TPSA) is 55.4 Å². The summed E-state index contributed by atoms with van der Waals surface area (Å²) in [5.41, 5.74) is 2.22. The molecule has 2 aromatic carbocycles. The number of hydrogen-bond donors (Lipinski definition) is 1. The lowest BCUT2D eigenvalue weighted by atomic mass is 10.2. The van der Waals surface area contributed by atoms with E-state index in [9.17, 15) is 9.59 Å². The molecule has 2 rings (SSSR count). The molecule has 5 heteroatoms. The summed E-state index contributed by atoms with van der Waals surface area (Å²) in [6.45, 7) is 1.82. The van der Waals surface area contributed by atoms with Crippen molar-refractivity contribution in [3.63, 3.8) is 0 Å². The smallest absolute Gasteiger partial charge is 0.262 e. The maximum absolute atomic E-state index is 11.8. The lowest BCUT2D eigenvalue weighted by Gasteiger charge is -2.09. The Morgan fingerprint density at radius 3 is 2.62 bits per heavy atom. The van der Waals surface area contributed by atoms with Gasteiger partial charge < -0.3 is 10.1 Å². The molecule has 0 atom stereocenters. The van der Waals surface area contributed by atoms with Crippen molar-refractivity contribution in [2.75, 3.05) is 11.9 Å². The van der Waals surface area contributed by atoms with E-state index in [2.05, 4.69) is 21.2 Å². The number of amides is 1. The van der Waals surface area contributed by atoms with Crippen LogP contribution in [0.15, 0.2) is 46.9 Å². The maximum atomic E-state index is 11.8. The van der Waals surface area contributed by atoms with E-state index in [-0.39, 0.29) is 12.5 Å². The minimum absolute atomic E-state index is 0.156. The van der Waals surface area contributed by atoms with E-state index < -0.39 is 0 Å². The van der Waals surface area contributed by atoms with Gasteiger partial charge in [-0.05, 0) is 37.3 Å². The molecule has 0 heterocycles. The Hall–Kier alpha value is -2.14. The Bertz CT molecular complexity index is 653. The van der Waals surface area contributed by atoms with Gasteiger partial charge in [0, 0.05) is 10.2 Å². The molecule has 0 saturated heterocycles. The summed E-state index contributed by atoms with van der Waals surface area (Å²) in [4.78, 5) is 22.7. The number of aldehydes is 1. The maximum Gasteiger partial charge on any atom is 0.262 e. The molecule has 0 aliphatic carbocycles. The van der Waals surface area contributed by atoms with E-state index in [4.69, 9.17) is 4.74 Å². The summed E-state index contributed by atoms with van der Waals surface area (Å²) in [6.07, 6.45) is 0.692. The molecule has 1 N–H and O–H groups in total. The van der Waals surface area contributed by atoms with Gasteiger partial charge in [0.25, 0.3) is 5.91 Å². The van der Waals surface area contributed by atoms with Crippen LogP contribution >= 0.6 is 15.9 Å². The number of halogens is 1. The quantitative estimate of drug-likeness (QED) is 0.841. The summed E-state index contributed by atoms with van der Waals surface area (Å²) in [7, 11) is 0.